The molecule has 1 aliphatic heterocycles. The molecule has 1 aromatic heterocycles. The van der Waals surface area contributed by atoms with E-state index in [0.717, 1.165) is 0 Å². The minimum Gasteiger partial charge on any atom is -0.493 e. The molecule has 0 unspecified atom stereocenters. The number of carbonyl (C=O) groups excluding carboxylic acids is 2. The van der Waals surface area contributed by atoms with Crippen LogP contribution in [0, 0.1) is 0 Å². The molecule has 1 saturated heterocycles. The van der Waals surface area contributed by atoms with E-state index >= 15 is 0 Å². The van der Waals surface area contributed by atoms with E-state index in [1.54, 1.807) is 48.2 Å². The molecule has 1 amide bonds. The van der Waals surface area contributed by atoms with E-state index in [1.807, 2.05) is 4.90 Å². The van der Waals surface area contributed by atoms with Gasteiger partial charge in [-0.15, -0.1) is 15.0 Å². The van der Waals surface area contributed by atoms with E-state index in [4.69, 9.17) is 25.8 Å². The van der Waals surface area contributed by atoms with Crippen molar-refractivity contribution in [1.82, 2.24) is 19.9 Å². The van der Waals surface area contributed by atoms with Crippen molar-refractivity contribution in [3.63, 3.8) is 0 Å². The Labute approximate surface area is 207 Å². The van der Waals surface area contributed by atoms with Gasteiger partial charge in [0.2, 0.25) is 17.4 Å². The molecule has 0 saturated carbocycles. The molecule has 0 aliphatic carbocycles. The van der Waals surface area contributed by atoms with Crippen LogP contribution < -0.4 is 19.1 Å². The van der Waals surface area contributed by atoms with E-state index in [9.17, 15) is 9.59 Å². The first-order chi connectivity index (χ1) is 16.9. The predicted molar refractivity (Wildman–Crippen MR) is 130 cm³/mol. The highest BCUT2D eigenvalue weighted by Crippen LogP contribution is 2.39. The van der Waals surface area contributed by atoms with Crippen LogP contribution in [0.5, 0.6) is 17.2 Å². The third-order valence-electron chi connectivity index (χ3n) is 5.82. The Hall–Kier alpha value is -3.79. The van der Waals surface area contributed by atoms with E-state index in [1.165, 1.54) is 26.1 Å². The fraction of sp³-hybridized carbons (Fsp3) is 0.333. The normalized spacial score (nSPS) is 13.5. The second-order valence-electron chi connectivity index (χ2n) is 7.87. The number of anilines is 1. The van der Waals surface area contributed by atoms with Gasteiger partial charge in [-0.3, -0.25) is 9.59 Å². The molecule has 1 fully saturated rings. The number of nitrogens with zero attached hydrogens (tertiary/aromatic N) is 5. The fourth-order valence-electron chi connectivity index (χ4n) is 3.93. The van der Waals surface area contributed by atoms with Gasteiger partial charge in [0.1, 0.15) is 0 Å². The minimum atomic E-state index is -0.353. The summed E-state index contributed by atoms with van der Waals surface area (Å²) in [6.45, 7) is 3.65. The molecule has 10 nitrogen and oxygen atoms in total. The summed E-state index contributed by atoms with van der Waals surface area (Å²) in [5.41, 5.74) is 1.14. The van der Waals surface area contributed by atoms with Gasteiger partial charge in [0.15, 0.2) is 23.0 Å². The van der Waals surface area contributed by atoms with Gasteiger partial charge in [0, 0.05) is 43.7 Å². The van der Waals surface area contributed by atoms with Crippen LogP contribution in [0.15, 0.2) is 36.4 Å². The van der Waals surface area contributed by atoms with Crippen molar-refractivity contribution in [2.75, 3.05) is 52.4 Å². The lowest BCUT2D eigenvalue weighted by Crippen LogP contribution is -2.48. The average Bonchev–Trinajstić information content (AvgIpc) is 3.33. The molecule has 11 heteroatoms. The Morgan fingerprint density at radius 3 is 2.00 bits per heavy atom. The molecule has 184 valence electrons. The van der Waals surface area contributed by atoms with Crippen molar-refractivity contribution in [3.8, 4) is 22.9 Å². The van der Waals surface area contributed by atoms with Crippen LogP contribution >= 0.6 is 11.6 Å². The van der Waals surface area contributed by atoms with Crippen LogP contribution in [0.4, 0.5) is 5.82 Å². The van der Waals surface area contributed by atoms with Crippen LogP contribution in [0.3, 0.4) is 0 Å². The van der Waals surface area contributed by atoms with Crippen LogP contribution in [0.25, 0.3) is 5.69 Å². The summed E-state index contributed by atoms with van der Waals surface area (Å²) >= 11 is 6.03. The minimum absolute atomic E-state index is 0.0168. The standard InChI is InChI=1S/C24H26ClN5O5/c1-15(31)28-9-11-29(12-10-28)24-21(26-30(27-24)18-7-5-17(25)6-8-18)22(32)16-13-19(33-2)23(35-4)20(14-16)34-3/h5-8,13-14H,9-12H2,1-4H3. The first-order valence-electron chi connectivity index (χ1n) is 10.9. The maximum Gasteiger partial charge on any atom is 0.219 e. The summed E-state index contributed by atoms with van der Waals surface area (Å²) < 4.78 is 16.2. The zero-order chi connectivity index (χ0) is 25.1. The van der Waals surface area contributed by atoms with E-state index in [2.05, 4.69) is 10.2 Å². The van der Waals surface area contributed by atoms with Crippen molar-refractivity contribution >= 4 is 29.1 Å². The molecule has 3 aromatic rings. The maximum atomic E-state index is 13.7. The molecule has 0 spiro atoms. The maximum absolute atomic E-state index is 13.7. The van der Waals surface area contributed by atoms with Crippen LogP contribution in [0.1, 0.15) is 23.0 Å². The largest absolute Gasteiger partial charge is 0.493 e. The highest BCUT2D eigenvalue weighted by molar-refractivity contribution is 6.30. The third-order valence-corrected chi connectivity index (χ3v) is 6.07. The summed E-state index contributed by atoms with van der Waals surface area (Å²) in [4.78, 5) is 30.6. The number of ether oxygens (including phenoxy) is 3. The van der Waals surface area contributed by atoms with E-state index < -0.39 is 0 Å². The van der Waals surface area contributed by atoms with Gasteiger partial charge in [0.25, 0.3) is 0 Å². The molecule has 35 heavy (non-hydrogen) atoms. The van der Waals surface area contributed by atoms with Gasteiger partial charge in [-0.1, -0.05) is 11.6 Å². The molecule has 0 radical (unpaired) electrons. The molecule has 0 atom stereocenters. The van der Waals surface area contributed by atoms with E-state index in [-0.39, 0.29) is 17.4 Å². The number of hydrogen-bond acceptors (Lipinski definition) is 8. The molecule has 0 N–H and O–H groups in total. The smallest absolute Gasteiger partial charge is 0.219 e. The predicted octanol–water partition coefficient (Wildman–Crippen LogP) is 2.85. The van der Waals surface area contributed by atoms with Crippen LogP contribution in [-0.2, 0) is 4.79 Å². The van der Waals surface area contributed by atoms with Gasteiger partial charge < -0.3 is 24.0 Å². The Morgan fingerprint density at radius 1 is 0.886 bits per heavy atom. The first-order valence-corrected chi connectivity index (χ1v) is 11.3. The lowest BCUT2D eigenvalue weighted by molar-refractivity contribution is -0.129. The Bertz CT molecular complexity index is 1210. The third kappa shape index (κ3) is 4.88. The second-order valence-corrected chi connectivity index (χ2v) is 8.31. The van der Waals surface area contributed by atoms with Crippen molar-refractivity contribution in [2.45, 2.75) is 6.92 Å². The van der Waals surface area contributed by atoms with Crippen molar-refractivity contribution in [3.05, 3.63) is 52.7 Å². The molecule has 0 bridgehead atoms. The summed E-state index contributed by atoms with van der Waals surface area (Å²) in [7, 11) is 4.48. The quantitative estimate of drug-likeness (QED) is 0.458. The summed E-state index contributed by atoms with van der Waals surface area (Å²) in [5, 5.41) is 9.77. The molecular weight excluding hydrogens is 474 g/mol. The summed E-state index contributed by atoms with van der Waals surface area (Å²) in [6.07, 6.45) is 0. The van der Waals surface area contributed by atoms with Gasteiger partial charge in [0.05, 0.1) is 27.0 Å². The molecular formula is C24H26ClN5O5. The number of ketones is 1. The highest BCUT2D eigenvalue weighted by atomic mass is 35.5. The van der Waals surface area contributed by atoms with Gasteiger partial charge in [-0.2, -0.15) is 0 Å². The van der Waals surface area contributed by atoms with Crippen molar-refractivity contribution in [1.29, 1.82) is 0 Å². The lowest BCUT2D eigenvalue weighted by atomic mass is 10.1. The average molecular weight is 500 g/mol. The van der Waals surface area contributed by atoms with Crippen molar-refractivity contribution in [2.24, 2.45) is 0 Å². The number of methoxy groups -OCH3 is 3. The van der Waals surface area contributed by atoms with Gasteiger partial charge >= 0.3 is 0 Å². The van der Waals surface area contributed by atoms with Crippen LogP contribution in [0.2, 0.25) is 5.02 Å². The molecule has 2 heterocycles. The SMILES string of the molecule is COc1cc(C(=O)c2nn(-c3ccc(Cl)cc3)nc2N2CCN(C(C)=O)CC2)cc(OC)c1OC. The number of amides is 1. The zero-order valence-corrected chi connectivity index (χ0v) is 20.7. The highest BCUT2D eigenvalue weighted by Gasteiger charge is 2.29. The summed E-state index contributed by atoms with van der Waals surface area (Å²) in [5.74, 6) is 1.20. The Balaban J connectivity index is 1.77. The Kier molecular flexibility index (Phi) is 7.11. The number of benzene rings is 2. The first kappa shape index (κ1) is 24.3. The number of carbonyl (C=O) groups is 2. The fourth-order valence-corrected chi connectivity index (χ4v) is 4.06. The second kappa shape index (κ2) is 10.2. The monoisotopic (exact) mass is 499 g/mol. The van der Waals surface area contributed by atoms with Gasteiger partial charge in [-0.05, 0) is 36.4 Å². The number of rotatable bonds is 7. The molecule has 2 aromatic carbocycles. The number of piperazine rings is 1. The number of hydrogen-bond donors (Lipinski definition) is 0. The molecule has 1 aliphatic rings. The zero-order valence-electron chi connectivity index (χ0n) is 19.9. The number of halogens is 1. The molecule has 4 rings (SSSR count). The van der Waals surface area contributed by atoms with Crippen LogP contribution in [-0.4, -0.2) is 79.1 Å². The van der Waals surface area contributed by atoms with Gasteiger partial charge in [-0.25, -0.2) is 0 Å². The lowest BCUT2D eigenvalue weighted by Gasteiger charge is -2.34. The number of aromatic nitrogens is 3. The Morgan fingerprint density at radius 2 is 1.49 bits per heavy atom. The van der Waals surface area contributed by atoms with E-state index in [0.29, 0.717) is 65.5 Å². The topological polar surface area (TPSA) is 99.0 Å². The summed E-state index contributed by atoms with van der Waals surface area (Å²) in [6, 6.07) is 10.2. The van der Waals surface area contributed by atoms with Crippen molar-refractivity contribution < 1.29 is 23.8 Å².